The fourth-order valence-corrected chi connectivity index (χ4v) is 4.40. The van der Waals surface area contributed by atoms with Crippen molar-refractivity contribution in [2.24, 2.45) is 0 Å². The van der Waals surface area contributed by atoms with Crippen molar-refractivity contribution in [2.45, 2.75) is 45.4 Å². The first-order valence-corrected chi connectivity index (χ1v) is 12.6. The maximum atomic E-state index is 10.00. The molecule has 0 aliphatic carbocycles. The van der Waals surface area contributed by atoms with Crippen molar-refractivity contribution in [3.63, 3.8) is 0 Å². The van der Waals surface area contributed by atoms with E-state index in [0.717, 1.165) is 36.1 Å². The predicted molar refractivity (Wildman–Crippen MR) is 144 cm³/mol. The lowest BCUT2D eigenvalue weighted by Gasteiger charge is -2.31. The number of likely N-dealkylation sites (tertiary alicyclic amines) is 1. The van der Waals surface area contributed by atoms with Crippen LogP contribution < -0.4 is 0 Å². The molecule has 0 bridgehead atoms. The Labute approximate surface area is 205 Å². The van der Waals surface area contributed by atoms with Gasteiger partial charge in [0.15, 0.2) is 0 Å². The summed E-state index contributed by atoms with van der Waals surface area (Å²) in [5.41, 5.74) is 5.92. The van der Waals surface area contributed by atoms with Gasteiger partial charge in [-0.3, -0.25) is 0 Å². The zero-order valence-electron chi connectivity index (χ0n) is 20.7. The SMILES string of the molecule is CCCCO.CCN1CCC(c2ccc(/C(=C\c3ccccc3)c3cccc(O)c3)cc2)CC1. The molecule has 3 heteroatoms. The minimum atomic E-state index is 0.292. The van der Waals surface area contributed by atoms with Gasteiger partial charge >= 0.3 is 0 Å². The highest BCUT2D eigenvalue weighted by Gasteiger charge is 2.19. The summed E-state index contributed by atoms with van der Waals surface area (Å²) in [6.07, 6.45) is 6.72. The third-order valence-electron chi connectivity index (χ3n) is 6.51. The first-order valence-electron chi connectivity index (χ1n) is 12.6. The molecular formula is C31H39NO2. The second-order valence-electron chi connectivity index (χ2n) is 8.93. The molecule has 0 saturated carbocycles. The molecule has 3 aromatic rings. The molecule has 1 saturated heterocycles. The van der Waals surface area contributed by atoms with E-state index in [2.05, 4.69) is 79.4 Å². The molecular weight excluding hydrogens is 418 g/mol. The highest BCUT2D eigenvalue weighted by Crippen LogP contribution is 2.32. The number of hydrogen-bond acceptors (Lipinski definition) is 3. The Morgan fingerprint density at radius 2 is 1.59 bits per heavy atom. The normalized spacial score (nSPS) is 15.0. The highest BCUT2D eigenvalue weighted by molar-refractivity contribution is 5.91. The van der Waals surface area contributed by atoms with Crippen LogP contribution in [0.3, 0.4) is 0 Å². The summed E-state index contributed by atoms with van der Waals surface area (Å²) < 4.78 is 0. The number of hydrogen-bond donors (Lipinski definition) is 2. The number of piperidine rings is 1. The molecule has 2 N–H and O–H groups in total. The summed E-state index contributed by atoms with van der Waals surface area (Å²) in [5.74, 6) is 0.954. The van der Waals surface area contributed by atoms with Gasteiger partial charge in [0.05, 0.1) is 0 Å². The molecule has 3 aromatic carbocycles. The van der Waals surface area contributed by atoms with Crippen LogP contribution in [0, 0.1) is 0 Å². The Balaban J connectivity index is 0.000000588. The van der Waals surface area contributed by atoms with Crippen LogP contribution >= 0.6 is 0 Å². The van der Waals surface area contributed by atoms with E-state index in [4.69, 9.17) is 5.11 Å². The molecule has 1 aliphatic rings. The maximum Gasteiger partial charge on any atom is 0.116 e. The van der Waals surface area contributed by atoms with E-state index in [0.29, 0.717) is 18.3 Å². The van der Waals surface area contributed by atoms with Gasteiger partial charge in [-0.05, 0) is 90.9 Å². The quantitative estimate of drug-likeness (QED) is 0.377. The average Bonchev–Trinajstić information content (AvgIpc) is 2.89. The molecule has 1 heterocycles. The number of rotatable bonds is 7. The molecule has 180 valence electrons. The molecule has 0 aromatic heterocycles. The Hall–Kier alpha value is -2.88. The second-order valence-corrected chi connectivity index (χ2v) is 8.93. The van der Waals surface area contributed by atoms with Crippen LogP contribution in [0.5, 0.6) is 5.75 Å². The standard InChI is InChI=1S/C27H29NO.C4H10O/c1-2-28-17-15-23(16-18-28)22-11-13-24(14-12-22)27(19-21-7-4-3-5-8-21)25-9-6-10-26(29)20-25;1-2-3-4-5/h3-14,19-20,23,29H,2,15-18H2,1H3;5H,2-4H2,1H3/b27-19+;. The van der Waals surface area contributed by atoms with Crippen LogP contribution in [0.25, 0.3) is 11.6 Å². The summed E-state index contributed by atoms with van der Waals surface area (Å²) in [7, 11) is 0. The van der Waals surface area contributed by atoms with Gasteiger partial charge < -0.3 is 15.1 Å². The third-order valence-corrected chi connectivity index (χ3v) is 6.51. The number of benzene rings is 3. The smallest absolute Gasteiger partial charge is 0.116 e. The van der Waals surface area contributed by atoms with Crippen LogP contribution in [-0.4, -0.2) is 41.4 Å². The van der Waals surface area contributed by atoms with E-state index in [9.17, 15) is 5.11 Å². The summed E-state index contributed by atoms with van der Waals surface area (Å²) in [6, 6.07) is 26.9. The Bertz CT molecular complexity index is 1000. The van der Waals surface area contributed by atoms with E-state index < -0.39 is 0 Å². The minimum Gasteiger partial charge on any atom is -0.508 e. The predicted octanol–water partition coefficient (Wildman–Crippen LogP) is 6.96. The largest absolute Gasteiger partial charge is 0.508 e. The van der Waals surface area contributed by atoms with Crippen LogP contribution in [-0.2, 0) is 0 Å². The zero-order chi connectivity index (χ0) is 24.2. The highest BCUT2D eigenvalue weighted by atomic mass is 16.3. The van der Waals surface area contributed by atoms with Crippen LogP contribution in [0.15, 0.2) is 78.9 Å². The molecule has 1 aliphatic heterocycles. The Morgan fingerprint density at radius 1 is 0.882 bits per heavy atom. The van der Waals surface area contributed by atoms with Gasteiger partial charge in [0.25, 0.3) is 0 Å². The zero-order valence-corrected chi connectivity index (χ0v) is 20.7. The molecule has 0 amide bonds. The molecule has 0 unspecified atom stereocenters. The lowest BCUT2D eigenvalue weighted by Crippen LogP contribution is -2.32. The van der Waals surface area contributed by atoms with Crippen molar-refractivity contribution in [3.8, 4) is 5.75 Å². The fraction of sp³-hybridized carbons (Fsp3) is 0.355. The molecule has 1 fully saturated rings. The van der Waals surface area contributed by atoms with Crippen molar-refractivity contribution in [2.75, 3.05) is 26.2 Å². The first kappa shape index (κ1) is 25.7. The number of aromatic hydroxyl groups is 1. The Morgan fingerprint density at radius 3 is 2.15 bits per heavy atom. The number of nitrogens with zero attached hydrogens (tertiary/aromatic N) is 1. The maximum absolute atomic E-state index is 10.00. The summed E-state index contributed by atoms with van der Waals surface area (Å²) in [6.45, 7) is 8.20. The van der Waals surface area contributed by atoms with E-state index in [1.807, 2.05) is 18.2 Å². The molecule has 0 atom stereocenters. The molecule has 4 rings (SSSR count). The van der Waals surface area contributed by atoms with Crippen LogP contribution in [0.4, 0.5) is 0 Å². The number of phenolic OH excluding ortho intramolecular Hbond substituents is 1. The monoisotopic (exact) mass is 457 g/mol. The van der Waals surface area contributed by atoms with Gasteiger partial charge in [0.1, 0.15) is 5.75 Å². The van der Waals surface area contributed by atoms with Gasteiger partial charge in [-0.15, -0.1) is 0 Å². The van der Waals surface area contributed by atoms with E-state index in [1.165, 1.54) is 37.1 Å². The third kappa shape index (κ3) is 7.58. The lowest BCUT2D eigenvalue weighted by molar-refractivity contribution is 0.222. The summed E-state index contributed by atoms with van der Waals surface area (Å²) in [5, 5.41) is 18.1. The van der Waals surface area contributed by atoms with Gasteiger partial charge in [0, 0.05) is 6.61 Å². The van der Waals surface area contributed by atoms with Crippen molar-refractivity contribution >= 4 is 11.6 Å². The fourth-order valence-electron chi connectivity index (χ4n) is 4.40. The molecule has 34 heavy (non-hydrogen) atoms. The molecule has 0 radical (unpaired) electrons. The van der Waals surface area contributed by atoms with Crippen LogP contribution in [0.1, 0.15) is 67.7 Å². The molecule has 3 nitrogen and oxygen atoms in total. The summed E-state index contributed by atoms with van der Waals surface area (Å²) >= 11 is 0. The lowest BCUT2D eigenvalue weighted by atomic mass is 9.87. The first-order chi connectivity index (χ1) is 16.6. The average molecular weight is 458 g/mol. The molecule has 0 spiro atoms. The van der Waals surface area contributed by atoms with Crippen molar-refractivity contribution in [1.82, 2.24) is 4.90 Å². The number of aliphatic hydroxyl groups excluding tert-OH is 1. The Kier molecular flexibility index (Phi) is 10.4. The van der Waals surface area contributed by atoms with E-state index in [1.54, 1.807) is 6.07 Å². The van der Waals surface area contributed by atoms with E-state index >= 15 is 0 Å². The summed E-state index contributed by atoms with van der Waals surface area (Å²) in [4.78, 5) is 2.54. The van der Waals surface area contributed by atoms with Crippen LogP contribution in [0.2, 0.25) is 0 Å². The van der Waals surface area contributed by atoms with E-state index in [-0.39, 0.29) is 0 Å². The van der Waals surface area contributed by atoms with Crippen molar-refractivity contribution < 1.29 is 10.2 Å². The van der Waals surface area contributed by atoms with Gasteiger partial charge in [-0.1, -0.05) is 87.0 Å². The van der Waals surface area contributed by atoms with Gasteiger partial charge in [0.2, 0.25) is 0 Å². The van der Waals surface area contributed by atoms with Gasteiger partial charge in [-0.25, -0.2) is 0 Å². The van der Waals surface area contributed by atoms with Gasteiger partial charge in [-0.2, -0.15) is 0 Å². The second kappa shape index (κ2) is 13.7. The topological polar surface area (TPSA) is 43.7 Å². The van der Waals surface area contributed by atoms with Crippen molar-refractivity contribution in [3.05, 3.63) is 101 Å². The number of aliphatic hydroxyl groups is 1. The number of phenols is 1. The van der Waals surface area contributed by atoms with Crippen molar-refractivity contribution in [1.29, 1.82) is 0 Å². The minimum absolute atomic E-state index is 0.292. The number of unbranched alkanes of at least 4 members (excludes halogenated alkanes) is 1.